The Morgan fingerprint density at radius 3 is 2.78 bits per heavy atom. The van der Waals surface area contributed by atoms with Gasteiger partial charge in [0.1, 0.15) is 22.0 Å². The summed E-state index contributed by atoms with van der Waals surface area (Å²) in [7, 11) is 0. The molecule has 0 aliphatic rings. The van der Waals surface area contributed by atoms with Gasteiger partial charge < -0.3 is 4.74 Å². The predicted molar refractivity (Wildman–Crippen MR) is 124 cm³/mol. The van der Waals surface area contributed by atoms with E-state index < -0.39 is 5.97 Å². The summed E-state index contributed by atoms with van der Waals surface area (Å²) in [6.07, 6.45) is 1.66. The molecule has 0 amide bonds. The van der Waals surface area contributed by atoms with Crippen molar-refractivity contribution >= 4 is 44.8 Å². The molecule has 160 valence electrons. The molecule has 4 aromatic heterocycles. The maximum atomic E-state index is 12.7. The Labute approximate surface area is 191 Å². The molecule has 4 heterocycles. The summed E-state index contributed by atoms with van der Waals surface area (Å²) in [4.78, 5) is 30.8. The second-order valence-electron chi connectivity index (χ2n) is 7.32. The number of thiophene rings is 1. The second-order valence-corrected chi connectivity index (χ2v) is 8.76. The van der Waals surface area contributed by atoms with Crippen LogP contribution in [0.1, 0.15) is 26.6 Å². The number of carbonyl (C=O) groups is 1. The van der Waals surface area contributed by atoms with Crippen LogP contribution in [0.15, 0.2) is 59.5 Å². The van der Waals surface area contributed by atoms with Crippen LogP contribution in [0.3, 0.4) is 0 Å². The zero-order chi connectivity index (χ0) is 22.4. The van der Waals surface area contributed by atoms with E-state index in [4.69, 9.17) is 16.3 Å². The number of ether oxygens (including phenoxy) is 1. The van der Waals surface area contributed by atoms with E-state index in [0.717, 1.165) is 27.2 Å². The fourth-order valence-corrected chi connectivity index (χ4v) is 4.81. The van der Waals surface area contributed by atoms with Crippen molar-refractivity contribution in [3.8, 4) is 5.69 Å². The average molecular weight is 465 g/mol. The summed E-state index contributed by atoms with van der Waals surface area (Å²) in [6, 6.07) is 14.2. The van der Waals surface area contributed by atoms with E-state index in [2.05, 4.69) is 10.1 Å². The van der Waals surface area contributed by atoms with Gasteiger partial charge in [-0.3, -0.25) is 9.20 Å². The number of halogens is 1. The van der Waals surface area contributed by atoms with Gasteiger partial charge in [0.05, 0.1) is 22.1 Å². The Morgan fingerprint density at radius 2 is 1.97 bits per heavy atom. The third-order valence-corrected chi connectivity index (χ3v) is 6.53. The van der Waals surface area contributed by atoms with Crippen molar-refractivity contribution < 1.29 is 9.53 Å². The molecular formula is C23H17ClN4O3S. The standard InChI is InChI=1S/C23H17ClN4O3S/c1-13-6-5-9-27-20(29)10-15(25-21(13)27)12-31-23(30)19-11-16-14(2)26-28(22(16)32-19)18-8-4-3-7-17(18)24/h3-11H,12H2,1-2H3. The molecule has 9 heteroatoms. The van der Waals surface area contributed by atoms with Gasteiger partial charge in [0.15, 0.2) is 0 Å². The van der Waals surface area contributed by atoms with E-state index >= 15 is 0 Å². The van der Waals surface area contributed by atoms with Crippen molar-refractivity contribution in [1.82, 2.24) is 19.2 Å². The fourth-order valence-electron chi connectivity index (χ4n) is 3.53. The molecule has 0 bridgehead atoms. The monoisotopic (exact) mass is 464 g/mol. The summed E-state index contributed by atoms with van der Waals surface area (Å²) in [5.41, 5.74) is 3.12. The van der Waals surface area contributed by atoms with E-state index in [1.54, 1.807) is 29.1 Å². The maximum absolute atomic E-state index is 12.7. The van der Waals surface area contributed by atoms with Crippen LogP contribution in [-0.4, -0.2) is 25.1 Å². The first kappa shape index (κ1) is 20.4. The predicted octanol–water partition coefficient (Wildman–Crippen LogP) is 4.72. The lowest BCUT2D eigenvalue weighted by molar-refractivity contribution is 0.0473. The van der Waals surface area contributed by atoms with Gasteiger partial charge in [0, 0.05) is 17.6 Å². The molecule has 5 aromatic rings. The van der Waals surface area contributed by atoms with Gasteiger partial charge >= 0.3 is 5.97 Å². The summed E-state index contributed by atoms with van der Waals surface area (Å²) in [5, 5.41) is 5.99. The highest BCUT2D eigenvalue weighted by Crippen LogP contribution is 2.32. The van der Waals surface area contributed by atoms with Crippen molar-refractivity contribution in [2.24, 2.45) is 0 Å². The first-order chi connectivity index (χ1) is 15.4. The Hall–Kier alpha value is -3.49. The smallest absolute Gasteiger partial charge is 0.348 e. The molecule has 0 aliphatic heterocycles. The molecule has 1 aromatic carbocycles. The minimum absolute atomic E-state index is 0.0945. The molecule has 32 heavy (non-hydrogen) atoms. The molecule has 0 radical (unpaired) electrons. The number of esters is 1. The fraction of sp³-hybridized carbons (Fsp3) is 0.130. The highest BCUT2D eigenvalue weighted by atomic mass is 35.5. The largest absolute Gasteiger partial charge is 0.455 e. The van der Waals surface area contributed by atoms with Crippen molar-refractivity contribution in [2.75, 3.05) is 0 Å². The number of aromatic nitrogens is 4. The van der Waals surface area contributed by atoms with E-state index in [1.807, 2.05) is 38.1 Å². The number of benzene rings is 1. The van der Waals surface area contributed by atoms with E-state index in [0.29, 0.717) is 21.2 Å². The highest BCUT2D eigenvalue weighted by Gasteiger charge is 2.19. The van der Waals surface area contributed by atoms with Gasteiger partial charge in [0.25, 0.3) is 5.56 Å². The molecule has 5 rings (SSSR count). The van der Waals surface area contributed by atoms with Gasteiger partial charge in [0.2, 0.25) is 0 Å². The van der Waals surface area contributed by atoms with Crippen molar-refractivity contribution in [3.63, 3.8) is 0 Å². The van der Waals surface area contributed by atoms with Gasteiger partial charge in [-0.1, -0.05) is 29.8 Å². The number of fused-ring (bicyclic) bond motifs is 2. The first-order valence-electron chi connectivity index (χ1n) is 9.81. The van der Waals surface area contributed by atoms with Crippen LogP contribution >= 0.6 is 22.9 Å². The molecule has 0 aliphatic carbocycles. The molecule has 7 nitrogen and oxygen atoms in total. The van der Waals surface area contributed by atoms with Crippen LogP contribution in [-0.2, 0) is 11.3 Å². The number of hydrogen-bond donors (Lipinski definition) is 0. The molecule has 0 saturated carbocycles. The summed E-state index contributed by atoms with van der Waals surface area (Å²) < 4.78 is 8.68. The minimum Gasteiger partial charge on any atom is -0.455 e. The number of carbonyl (C=O) groups excluding carboxylic acids is 1. The van der Waals surface area contributed by atoms with Crippen molar-refractivity contribution in [2.45, 2.75) is 20.5 Å². The third-order valence-electron chi connectivity index (χ3n) is 5.12. The van der Waals surface area contributed by atoms with E-state index in [1.165, 1.54) is 21.8 Å². The normalized spacial score (nSPS) is 11.3. The molecule has 0 fully saturated rings. The summed E-state index contributed by atoms with van der Waals surface area (Å²) >= 11 is 7.62. The minimum atomic E-state index is -0.483. The Balaban J connectivity index is 1.43. The van der Waals surface area contributed by atoms with Crippen LogP contribution in [0.2, 0.25) is 5.02 Å². The molecule has 0 N–H and O–H groups in total. The van der Waals surface area contributed by atoms with Crippen LogP contribution in [0.4, 0.5) is 0 Å². The summed E-state index contributed by atoms with van der Waals surface area (Å²) in [5.74, 6) is -0.483. The summed E-state index contributed by atoms with van der Waals surface area (Å²) in [6.45, 7) is 3.66. The average Bonchev–Trinajstić information content (AvgIpc) is 3.34. The highest BCUT2D eigenvalue weighted by molar-refractivity contribution is 7.20. The van der Waals surface area contributed by atoms with Gasteiger partial charge in [-0.2, -0.15) is 5.10 Å². The van der Waals surface area contributed by atoms with Crippen LogP contribution in [0, 0.1) is 13.8 Å². The SMILES string of the molecule is Cc1nn(-c2ccccc2Cl)c2sc(C(=O)OCc3cc(=O)n4cccc(C)c4n3)cc12. The topological polar surface area (TPSA) is 78.5 Å². The molecule has 0 atom stereocenters. The van der Waals surface area contributed by atoms with E-state index in [9.17, 15) is 9.59 Å². The number of nitrogens with zero attached hydrogens (tertiary/aromatic N) is 4. The van der Waals surface area contributed by atoms with Crippen molar-refractivity contribution in [3.05, 3.63) is 91.9 Å². The van der Waals surface area contributed by atoms with Gasteiger partial charge in [-0.25, -0.2) is 14.5 Å². The quantitative estimate of drug-likeness (QED) is 0.359. The third kappa shape index (κ3) is 3.47. The van der Waals surface area contributed by atoms with E-state index in [-0.39, 0.29) is 12.2 Å². The number of aryl methyl sites for hydroxylation is 2. The Morgan fingerprint density at radius 1 is 1.16 bits per heavy atom. The molecular weight excluding hydrogens is 448 g/mol. The number of para-hydroxylation sites is 1. The van der Waals surface area contributed by atoms with Gasteiger partial charge in [-0.15, -0.1) is 11.3 Å². The molecule has 0 unspecified atom stereocenters. The van der Waals surface area contributed by atoms with Crippen molar-refractivity contribution in [1.29, 1.82) is 0 Å². The zero-order valence-electron chi connectivity index (χ0n) is 17.2. The van der Waals surface area contributed by atoms with Crippen LogP contribution in [0.5, 0.6) is 0 Å². The lowest BCUT2D eigenvalue weighted by atomic mass is 10.3. The molecule has 0 saturated heterocycles. The number of hydrogen-bond acceptors (Lipinski definition) is 6. The lowest BCUT2D eigenvalue weighted by Gasteiger charge is -2.07. The molecule has 0 spiro atoms. The second kappa shape index (κ2) is 7.89. The Bertz CT molecular complexity index is 1570. The first-order valence-corrected chi connectivity index (χ1v) is 11.0. The van der Waals surface area contributed by atoms with Gasteiger partial charge in [-0.05, 0) is 43.7 Å². The number of rotatable bonds is 4. The lowest BCUT2D eigenvalue weighted by Crippen LogP contribution is -2.17. The van der Waals surface area contributed by atoms with Crippen LogP contribution < -0.4 is 5.56 Å². The van der Waals surface area contributed by atoms with Crippen LogP contribution in [0.25, 0.3) is 21.6 Å². The zero-order valence-corrected chi connectivity index (χ0v) is 18.8. The maximum Gasteiger partial charge on any atom is 0.348 e. The Kier molecular flexibility index (Phi) is 5.03. The number of pyridine rings is 1.